The average Bonchev–Trinajstić information content (AvgIpc) is 3.59. The molecule has 7 unspecified atom stereocenters. The van der Waals surface area contributed by atoms with Crippen LogP contribution in [0.4, 0.5) is 13.2 Å². The number of carbonyl (C=O) groups is 4. The molecule has 4 fully saturated rings. The Bertz CT molecular complexity index is 1090. The van der Waals surface area contributed by atoms with Gasteiger partial charge >= 0.3 is 39.2 Å². The first-order chi connectivity index (χ1) is 17.7. The molecule has 16 heteroatoms. The summed E-state index contributed by atoms with van der Waals surface area (Å²) in [6, 6.07) is 0. The molecule has 38 heavy (non-hydrogen) atoms. The Morgan fingerprint density at radius 1 is 1.13 bits per heavy atom. The van der Waals surface area contributed by atoms with Crippen LogP contribution in [0.25, 0.3) is 0 Å². The summed E-state index contributed by atoms with van der Waals surface area (Å²) in [5.41, 5.74) is -0.628. The highest BCUT2D eigenvalue weighted by Gasteiger charge is 2.72. The summed E-state index contributed by atoms with van der Waals surface area (Å²) in [5, 5.41) is -5.20. The van der Waals surface area contributed by atoms with Gasteiger partial charge in [0.05, 0.1) is 12.8 Å². The number of alkyl halides is 3. The van der Waals surface area contributed by atoms with E-state index in [4.69, 9.17) is 23.5 Å². The van der Waals surface area contributed by atoms with Crippen LogP contribution in [0.15, 0.2) is 0 Å². The van der Waals surface area contributed by atoms with Crippen molar-refractivity contribution in [1.29, 1.82) is 0 Å². The molecule has 4 aliphatic rings. The molecule has 12 nitrogen and oxygen atoms in total. The molecule has 1 aliphatic carbocycles. The third-order valence-corrected chi connectivity index (χ3v) is 8.50. The summed E-state index contributed by atoms with van der Waals surface area (Å²) >= 11 is 0. The van der Waals surface area contributed by atoms with Gasteiger partial charge in [0.15, 0.2) is 12.2 Å². The zero-order valence-electron chi connectivity index (χ0n) is 20.2. The van der Waals surface area contributed by atoms with Gasteiger partial charge in [-0.05, 0) is 32.1 Å². The number of rotatable bonds is 11. The van der Waals surface area contributed by atoms with E-state index in [-0.39, 0.29) is 0 Å². The fourth-order valence-electron chi connectivity index (χ4n) is 5.48. The third kappa shape index (κ3) is 5.09. The second kappa shape index (κ2) is 10.3. The molecule has 7 atom stereocenters. The number of hydrogen-bond acceptors (Lipinski definition) is 11. The fraction of sp³-hybridized carbons (Fsp3) is 0.818. The number of ether oxygens (including phenoxy) is 5. The highest BCUT2D eigenvalue weighted by Crippen LogP contribution is 2.52. The lowest BCUT2D eigenvalue weighted by Gasteiger charge is -2.32. The second-order valence-electron chi connectivity index (χ2n) is 9.83. The summed E-state index contributed by atoms with van der Waals surface area (Å²) in [7, 11) is -6.08. The topological polar surface area (TPSA) is 169 Å². The maximum Gasteiger partial charge on any atom is 0.403 e. The van der Waals surface area contributed by atoms with E-state index in [2.05, 4.69) is 4.74 Å². The summed E-state index contributed by atoms with van der Waals surface area (Å²) < 4.78 is 95.6. The Hall–Kier alpha value is -2.46. The predicted molar refractivity (Wildman–Crippen MR) is 115 cm³/mol. The number of esters is 4. The van der Waals surface area contributed by atoms with Crippen molar-refractivity contribution in [1.82, 2.24) is 0 Å². The van der Waals surface area contributed by atoms with Crippen molar-refractivity contribution in [2.24, 2.45) is 11.8 Å². The minimum atomic E-state index is -6.08. The lowest BCUT2D eigenvalue weighted by Crippen LogP contribution is -2.49. The lowest BCUT2D eigenvalue weighted by atomic mass is 9.78. The Labute approximate surface area is 215 Å². The van der Waals surface area contributed by atoms with Crippen molar-refractivity contribution in [2.45, 2.75) is 93.3 Å². The van der Waals surface area contributed by atoms with Gasteiger partial charge in [-0.25, -0.2) is 4.39 Å². The molecular formula is C22H27F3O12S. The molecule has 3 aliphatic heterocycles. The molecule has 0 radical (unpaired) electrons. The van der Waals surface area contributed by atoms with Gasteiger partial charge in [-0.15, -0.1) is 0 Å². The molecule has 0 aromatic rings. The molecule has 0 spiro atoms. The van der Waals surface area contributed by atoms with Crippen LogP contribution in [0.2, 0.25) is 0 Å². The van der Waals surface area contributed by atoms with Crippen molar-refractivity contribution in [3.8, 4) is 0 Å². The number of carbonyl (C=O) groups excluding carboxylic acids is 4. The zero-order valence-corrected chi connectivity index (χ0v) is 21.0. The van der Waals surface area contributed by atoms with Gasteiger partial charge in [-0.1, -0.05) is 6.92 Å². The Kier molecular flexibility index (Phi) is 7.71. The molecule has 0 amide bonds. The molecule has 214 valence electrons. The van der Waals surface area contributed by atoms with E-state index in [1.807, 2.05) is 6.92 Å². The van der Waals surface area contributed by atoms with Crippen LogP contribution in [0.1, 0.15) is 51.9 Å². The van der Waals surface area contributed by atoms with Gasteiger partial charge in [0, 0.05) is 0 Å². The Morgan fingerprint density at radius 3 is 2.37 bits per heavy atom. The second-order valence-corrected chi connectivity index (χ2v) is 11.3. The average molecular weight is 573 g/mol. The van der Waals surface area contributed by atoms with Crippen molar-refractivity contribution in [3.63, 3.8) is 0 Å². The third-order valence-electron chi connectivity index (χ3n) is 7.55. The number of fused-ring (bicyclic) bond motifs is 1. The SMILES string of the molecule is CCC1(OC(=O)C2C3OC4C(OC(=O)C42)C3OC(=O)CCC(=O)OCC(F)C(F)(F)S(=O)(=O)O)CCCC1. The van der Waals surface area contributed by atoms with Crippen LogP contribution >= 0.6 is 0 Å². The number of halogens is 3. The molecule has 0 aromatic carbocycles. The summed E-state index contributed by atoms with van der Waals surface area (Å²) in [5.74, 6) is -5.59. The van der Waals surface area contributed by atoms with Crippen molar-refractivity contribution in [2.75, 3.05) is 6.61 Å². The van der Waals surface area contributed by atoms with E-state index < -0.39 is 107 Å². The van der Waals surface area contributed by atoms with Crippen LogP contribution in [-0.2, 0) is 53.0 Å². The first-order valence-electron chi connectivity index (χ1n) is 12.1. The van der Waals surface area contributed by atoms with E-state index in [0.29, 0.717) is 19.3 Å². The van der Waals surface area contributed by atoms with Crippen LogP contribution in [-0.4, -0.2) is 84.9 Å². The van der Waals surface area contributed by atoms with E-state index in [0.717, 1.165) is 12.8 Å². The van der Waals surface area contributed by atoms with Crippen LogP contribution < -0.4 is 0 Å². The standard InChI is InChI=1S/C22H27F3O12S/c1-2-21(7-3-4-8-21)37-20(29)14-13-15-18(36-19(13)28)17(16(14)35-15)34-12(27)6-5-11(26)33-9-10(23)22(24,25)38(30,31)32/h10,13-18H,2-9H2,1H3,(H,30,31,32). The van der Waals surface area contributed by atoms with Crippen LogP contribution in [0.3, 0.4) is 0 Å². The van der Waals surface area contributed by atoms with E-state index >= 15 is 0 Å². The number of hydrogen-bond donors (Lipinski definition) is 1. The van der Waals surface area contributed by atoms with Gasteiger partial charge < -0.3 is 23.7 Å². The highest BCUT2D eigenvalue weighted by atomic mass is 32.2. The maximum atomic E-state index is 13.4. The molecular weight excluding hydrogens is 545 g/mol. The Balaban J connectivity index is 1.31. The molecule has 0 aromatic heterocycles. The molecule has 4 rings (SSSR count). The van der Waals surface area contributed by atoms with E-state index in [9.17, 15) is 40.8 Å². The van der Waals surface area contributed by atoms with Crippen molar-refractivity contribution in [3.05, 3.63) is 0 Å². The van der Waals surface area contributed by atoms with Gasteiger partial charge in [0.2, 0.25) is 6.17 Å². The first-order valence-corrected chi connectivity index (χ1v) is 13.6. The Morgan fingerprint density at radius 2 is 1.76 bits per heavy atom. The van der Waals surface area contributed by atoms with Crippen LogP contribution in [0.5, 0.6) is 0 Å². The predicted octanol–water partition coefficient (Wildman–Crippen LogP) is 1.25. The van der Waals surface area contributed by atoms with Gasteiger partial charge in [-0.3, -0.25) is 23.7 Å². The van der Waals surface area contributed by atoms with Gasteiger partial charge in [0.1, 0.15) is 36.3 Å². The first kappa shape index (κ1) is 28.5. The van der Waals surface area contributed by atoms with Gasteiger partial charge in [-0.2, -0.15) is 17.2 Å². The smallest absolute Gasteiger partial charge is 0.403 e. The van der Waals surface area contributed by atoms with E-state index in [1.165, 1.54) is 0 Å². The normalized spacial score (nSPS) is 32.1. The largest absolute Gasteiger partial charge is 0.462 e. The van der Waals surface area contributed by atoms with Crippen molar-refractivity contribution >= 4 is 34.0 Å². The summed E-state index contributed by atoms with van der Waals surface area (Å²) in [6.45, 7) is 0.211. The molecule has 3 heterocycles. The van der Waals surface area contributed by atoms with Gasteiger partial charge in [0.25, 0.3) is 0 Å². The quantitative estimate of drug-likeness (QED) is 0.214. The summed E-state index contributed by atoms with van der Waals surface area (Å²) in [6.07, 6.45) is -5.11. The molecule has 2 bridgehead atoms. The fourth-order valence-corrected chi connectivity index (χ4v) is 5.87. The lowest BCUT2D eigenvalue weighted by molar-refractivity contribution is -0.173. The monoisotopic (exact) mass is 572 g/mol. The zero-order chi connectivity index (χ0) is 28.0. The molecule has 3 saturated heterocycles. The minimum Gasteiger partial charge on any atom is -0.462 e. The maximum absolute atomic E-state index is 13.4. The van der Waals surface area contributed by atoms with E-state index in [1.54, 1.807) is 0 Å². The minimum absolute atomic E-state index is 0.600. The van der Waals surface area contributed by atoms with Crippen molar-refractivity contribution < 1.29 is 69.0 Å². The summed E-state index contributed by atoms with van der Waals surface area (Å²) in [4.78, 5) is 49.7. The van der Waals surface area contributed by atoms with Crippen LogP contribution in [0, 0.1) is 11.8 Å². The molecule has 1 saturated carbocycles. The molecule has 1 N–H and O–H groups in total. The highest BCUT2D eigenvalue weighted by molar-refractivity contribution is 7.86.